The van der Waals surface area contributed by atoms with Crippen LogP contribution in [0.5, 0.6) is 0 Å². The van der Waals surface area contributed by atoms with Gasteiger partial charge in [0, 0.05) is 23.6 Å². The lowest BCUT2D eigenvalue weighted by Crippen LogP contribution is -2.38. The molecule has 0 heterocycles. The predicted molar refractivity (Wildman–Crippen MR) is 85.1 cm³/mol. The van der Waals surface area contributed by atoms with Gasteiger partial charge in [-0.3, -0.25) is 14.9 Å². The largest absolute Gasteiger partial charge is 0.480 e. The average molecular weight is 336 g/mol. The summed E-state index contributed by atoms with van der Waals surface area (Å²) < 4.78 is 12.9. The molecule has 23 heavy (non-hydrogen) atoms. The Balaban J connectivity index is 1.98. The number of carbonyl (C=O) groups excluding carboxylic acids is 1. The van der Waals surface area contributed by atoms with E-state index < -0.39 is 17.8 Å². The minimum Gasteiger partial charge on any atom is -0.480 e. The third-order valence-corrected chi connectivity index (χ3v) is 3.57. The maximum absolute atomic E-state index is 12.9. The summed E-state index contributed by atoms with van der Waals surface area (Å²) in [7, 11) is 0. The van der Waals surface area contributed by atoms with E-state index in [0.717, 1.165) is 5.56 Å². The van der Waals surface area contributed by atoms with Crippen molar-refractivity contribution in [2.45, 2.75) is 19.0 Å². The first-order valence-corrected chi connectivity index (χ1v) is 7.33. The van der Waals surface area contributed by atoms with Gasteiger partial charge in [-0.1, -0.05) is 23.7 Å². The van der Waals surface area contributed by atoms with Crippen LogP contribution in [-0.4, -0.2) is 22.9 Å². The summed E-state index contributed by atoms with van der Waals surface area (Å²) in [5.74, 6) is -1.92. The van der Waals surface area contributed by atoms with E-state index >= 15 is 0 Å². The van der Waals surface area contributed by atoms with Gasteiger partial charge in [-0.25, -0.2) is 4.39 Å². The first kappa shape index (κ1) is 17.1. The zero-order valence-corrected chi connectivity index (χ0v) is 12.9. The highest BCUT2D eigenvalue weighted by Gasteiger charge is 2.21. The molecule has 0 saturated carbocycles. The summed E-state index contributed by atoms with van der Waals surface area (Å²) in [6.45, 7) is 0.296. The molecule has 0 bridgehead atoms. The summed E-state index contributed by atoms with van der Waals surface area (Å²) in [5, 5.41) is 12.7. The monoisotopic (exact) mass is 335 g/mol. The molecule has 0 radical (unpaired) electrons. The molecule has 0 aliphatic heterocycles. The van der Waals surface area contributed by atoms with Crippen molar-refractivity contribution >= 4 is 23.4 Å². The smallest absolute Gasteiger partial charge is 0.321 e. The highest BCUT2D eigenvalue weighted by Crippen LogP contribution is 2.11. The Labute approximate surface area is 137 Å². The number of benzene rings is 2. The number of rotatable bonds is 7. The fourth-order valence-electron chi connectivity index (χ4n) is 2.03. The Bertz CT molecular complexity index is 686. The van der Waals surface area contributed by atoms with E-state index in [1.54, 1.807) is 24.3 Å². The maximum atomic E-state index is 12.9. The fraction of sp³-hybridized carbons (Fsp3) is 0.176. The van der Waals surface area contributed by atoms with Gasteiger partial charge in [0.2, 0.25) is 0 Å². The topological polar surface area (TPSA) is 66.4 Å². The fourth-order valence-corrected chi connectivity index (χ4v) is 2.16. The number of carboxylic acids is 1. The Hall–Kier alpha value is -2.24. The molecular formula is C17H15ClFNO3. The SMILES string of the molecule is O=C(CC(NCc1ccc(Cl)cc1)C(=O)O)c1ccc(F)cc1. The maximum Gasteiger partial charge on any atom is 0.321 e. The highest BCUT2D eigenvalue weighted by atomic mass is 35.5. The van der Waals surface area contributed by atoms with Gasteiger partial charge in [0.15, 0.2) is 5.78 Å². The number of carbonyl (C=O) groups is 2. The van der Waals surface area contributed by atoms with Crippen LogP contribution in [0.1, 0.15) is 22.3 Å². The third-order valence-electron chi connectivity index (χ3n) is 3.32. The molecule has 6 heteroatoms. The van der Waals surface area contributed by atoms with Gasteiger partial charge in [0.25, 0.3) is 0 Å². The van der Waals surface area contributed by atoms with Crippen molar-refractivity contribution in [1.29, 1.82) is 0 Å². The lowest BCUT2D eigenvalue weighted by atomic mass is 10.0. The number of aliphatic carboxylic acids is 1. The Morgan fingerprint density at radius 1 is 1.09 bits per heavy atom. The van der Waals surface area contributed by atoms with Gasteiger partial charge in [0.1, 0.15) is 11.9 Å². The summed E-state index contributed by atoms with van der Waals surface area (Å²) in [6, 6.07) is 11.0. The van der Waals surface area contributed by atoms with Crippen LogP contribution in [0.3, 0.4) is 0 Å². The van der Waals surface area contributed by atoms with Crippen molar-refractivity contribution < 1.29 is 19.1 Å². The molecule has 0 fully saturated rings. The second-order valence-electron chi connectivity index (χ2n) is 5.03. The molecule has 0 aliphatic carbocycles. The molecule has 2 aromatic carbocycles. The molecule has 1 unspecified atom stereocenters. The molecular weight excluding hydrogens is 321 g/mol. The van der Waals surface area contributed by atoms with E-state index in [9.17, 15) is 19.1 Å². The van der Waals surface area contributed by atoms with Crippen molar-refractivity contribution in [1.82, 2.24) is 5.32 Å². The summed E-state index contributed by atoms with van der Waals surface area (Å²) in [4.78, 5) is 23.4. The molecule has 4 nitrogen and oxygen atoms in total. The average Bonchev–Trinajstić information content (AvgIpc) is 2.53. The first-order chi connectivity index (χ1) is 11.0. The molecule has 0 spiro atoms. The van der Waals surface area contributed by atoms with Crippen LogP contribution in [0, 0.1) is 5.82 Å². The summed E-state index contributed by atoms with van der Waals surface area (Å²) >= 11 is 5.79. The van der Waals surface area contributed by atoms with Crippen LogP contribution in [0.2, 0.25) is 5.02 Å². The molecule has 2 N–H and O–H groups in total. The van der Waals surface area contributed by atoms with E-state index in [1.807, 2.05) is 0 Å². The predicted octanol–water partition coefficient (Wildman–Crippen LogP) is 3.29. The van der Waals surface area contributed by atoms with Crippen molar-refractivity contribution in [2.24, 2.45) is 0 Å². The lowest BCUT2D eigenvalue weighted by Gasteiger charge is -2.14. The number of halogens is 2. The minimum absolute atomic E-state index is 0.214. The van der Waals surface area contributed by atoms with Crippen LogP contribution < -0.4 is 5.32 Å². The Morgan fingerprint density at radius 2 is 1.70 bits per heavy atom. The quantitative estimate of drug-likeness (QED) is 0.762. The molecule has 120 valence electrons. The van der Waals surface area contributed by atoms with Gasteiger partial charge in [-0.05, 0) is 42.0 Å². The molecule has 0 aliphatic rings. The molecule has 1 atom stereocenters. The van der Waals surface area contributed by atoms with Crippen molar-refractivity contribution in [3.05, 3.63) is 70.5 Å². The number of hydrogen-bond acceptors (Lipinski definition) is 3. The first-order valence-electron chi connectivity index (χ1n) is 6.95. The van der Waals surface area contributed by atoms with E-state index in [0.29, 0.717) is 11.6 Å². The Kier molecular flexibility index (Phi) is 5.84. The van der Waals surface area contributed by atoms with E-state index in [4.69, 9.17) is 11.6 Å². The van der Waals surface area contributed by atoms with Gasteiger partial charge < -0.3 is 5.11 Å². The van der Waals surface area contributed by atoms with Gasteiger partial charge >= 0.3 is 5.97 Å². The highest BCUT2D eigenvalue weighted by molar-refractivity contribution is 6.30. The van der Waals surface area contributed by atoms with Crippen LogP contribution in [0.4, 0.5) is 4.39 Å². The van der Waals surface area contributed by atoms with Gasteiger partial charge in [0.05, 0.1) is 0 Å². The zero-order valence-electron chi connectivity index (χ0n) is 12.1. The second-order valence-corrected chi connectivity index (χ2v) is 5.47. The van der Waals surface area contributed by atoms with Crippen LogP contribution in [0.25, 0.3) is 0 Å². The number of Topliss-reactive ketones (excluding diaryl/α,β-unsaturated/α-hetero) is 1. The molecule has 0 aromatic heterocycles. The van der Waals surface area contributed by atoms with Crippen molar-refractivity contribution in [2.75, 3.05) is 0 Å². The molecule has 0 saturated heterocycles. The van der Waals surface area contributed by atoms with Crippen molar-refractivity contribution in [3.63, 3.8) is 0 Å². The van der Waals surface area contributed by atoms with E-state index in [-0.39, 0.29) is 17.8 Å². The number of ketones is 1. The lowest BCUT2D eigenvalue weighted by molar-refractivity contribution is -0.139. The Morgan fingerprint density at radius 3 is 2.26 bits per heavy atom. The zero-order chi connectivity index (χ0) is 16.8. The summed E-state index contributed by atoms with van der Waals surface area (Å²) in [5.41, 5.74) is 1.14. The number of hydrogen-bond donors (Lipinski definition) is 2. The normalized spacial score (nSPS) is 11.9. The number of nitrogens with one attached hydrogen (secondary N) is 1. The standard InChI is InChI=1S/C17H15ClFNO3/c18-13-5-1-11(2-6-13)10-20-15(17(22)23)9-16(21)12-3-7-14(19)8-4-12/h1-8,15,20H,9-10H2,(H,22,23). The van der Waals surface area contributed by atoms with Gasteiger partial charge in [-0.15, -0.1) is 0 Å². The van der Waals surface area contributed by atoms with E-state index in [1.165, 1.54) is 24.3 Å². The van der Waals surface area contributed by atoms with Crippen LogP contribution in [-0.2, 0) is 11.3 Å². The molecule has 2 aromatic rings. The number of carboxylic acid groups (broad SMARTS) is 1. The minimum atomic E-state index is -1.12. The summed E-state index contributed by atoms with van der Waals surface area (Å²) in [6.07, 6.45) is -0.214. The van der Waals surface area contributed by atoms with Crippen LogP contribution >= 0.6 is 11.6 Å². The van der Waals surface area contributed by atoms with Gasteiger partial charge in [-0.2, -0.15) is 0 Å². The molecule has 0 amide bonds. The third kappa shape index (κ3) is 5.16. The molecule has 2 rings (SSSR count). The second kappa shape index (κ2) is 7.85. The van der Waals surface area contributed by atoms with Crippen LogP contribution in [0.15, 0.2) is 48.5 Å². The van der Waals surface area contributed by atoms with E-state index in [2.05, 4.69) is 5.32 Å². The van der Waals surface area contributed by atoms with Crippen molar-refractivity contribution in [3.8, 4) is 0 Å².